The number of aromatic amines is 2. The summed E-state index contributed by atoms with van der Waals surface area (Å²) in [6, 6.07) is 32.6. The lowest BCUT2D eigenvalue weighted by Gasteiger charge is -2.32. The van der Waals surface area contributed by atoms with E-state index in [2.05, 4.69) is 32.4 Å². The number of amides is 5. The van der Waals surface area contributed by atoms with Crippen LogP contribution in [0.1, 0.15) is 96.6 Å². The number of hydrogen-bond donors (Lipinski definition) is 4. The summed E-state index contributed by atoms with van der Waals surface area (Å²) in [6.07, 6.45) is 8.57. The van der Waals surface area contributed by atoms with Gasteiger partial charge in [-0.25, -0.2) is 14.8 Å². The zero-order valence-corrected chi connectivity index (χ0v) is 37.2. The number of morpholine rings is 1. The topological polar surface area (TPSA) is 169 Å². The molecule has 3 saturated heterocycles. The number of nitrogens with zero attached hydrogens (tertiary/aromatic N) is 5. The number of rotatable bonds is 11. The summed E-state index contributed by atoms with van der Waals surface area (Å²) in [5, 5.41) is 6.06. The maximum absolute atomic E-state index is 14.3. The van der Waals surface area contributed by atoms with Gasteiger partial charge < -0.3 is 40.0 Å². The van der Waals surface area contributed by atoms with Gasteiger partial charge in [0.25, 0.3) is 0 Å². The maximum atomic E-state index is 14.3. The number of nitrogens with one attached hydrogen (secondary N) is 4. The number of hydrogen-bond acceptors (Lipinski definition) is 7. The van der Waals surface area contributed by atoms with Gasteiger partial charge in [-0.2, -0.15) is 0 Å². The van der Waals surface area contributed by atoms with Crippen LogP contribution in [-0.2, 0) is 19.1 Å². The van der Waals surface area contributed by atoms with Crippen LogP contribution in [0.2, 0.25) is 0 Å². The van der Waals surface area contributed by atoms with E-state index in [0.717, 1.165) is 89.1 Å². The van der Waals surface area contributed by atoms with Crippen LogP contribution in [0, 0.1) is 17.8 Å². The van der Waals surface area contributed by atoms with Crippen molar-refractivity contribution in [2.75, 3.05) is 39.4 Å². The van der Waals surface area contributed by atoms with Crippen LogP contribution in [0.25, 0.3) is 22.5 Å². The molecule has 1 aliphatic carbocycles. The number of likely N-dealkylation sites (tertiary alicyclic amines) is 2. The van der Waals surface area contributed by atoms with Gasteiger partial charge in [0.05, 0.1) is 49.1 Å². The zero-order chi connectivity index (χ0) is 45.7. The van der Waals surface area contributed by atoms with Crippen molar-refractivity contribution >= 4 is 23.8 Å². The minimum Gasteiger partial charge on any atom is -0.378 e. The van der Waals surface area contributed by atoms with Crippen LogP contribution < -0.4 is 10.6 Å². The largest absolute Gasteiger partial charge is 0.378 e. The molecule has 14 heteroatoms. The van der Waals surface area contributed by atoms with E-state index in [9.17, 15) is 19.2 Å². The van der Waals surface area contributed by atoms with Gasteiger partial charge in [0, 0.05) is 43.2 Å². The number of H-pyrrole nitrogens is 2. The molecule has 4 atom stereocenters. The van der Waals surface area contributed by atoms with Crippen LogP contribution in [0.5, 0.6) is 0 Å². The van der Waals surface area contributed by atoms with E-state index < -0.39 is 12.1 Å². The first kappa shape index (κ1) is 43.4. The highest BCUT2D eigenvalue weighted by Gasteiger charge is 2.40. The third kappa shape index (κ3) is 9.74. The molecule has 10 rings (SSSR count). The molecule has 6 aromatic rings. The molecule has 14 nitrogen and oxygen atoms in total. The van der Waals surface area contributed by atoms with Crippen molar-refractivity contribution in [3.63, 3.8) is 0 Å². The van der Waals surface area contributed by atoms with E-state index in [4.69, 9.17) is 14.7 Å². The average Bonchev–Trinajstić information content (AvgIpc) is 3.82. The van der Waals surface area contributed by atoms with E-state index in [1.54, 1.807) is 11.1 Å². The minimum atomic E-state index is -0.829. The van der Waals surface area contributed by atoms with Gasteiger partial charge in [0.15, 0.2) is 0 Å². The standard InChI is InChI=1S/C53H53N9O5/c63-50(41-25-26-41)58-46(39-9-3-1-4-10-39)51(64)61-27-7-13-44(61)48-54-33-42(56-48)37-21-17-35(18-22-37)15-16-36-19-23-38(24-20-36)43-34-55-49(57-43)45-14-8-28-62(45)52(65)47(40-11-5-2-6-12-40)59-53(66)60-29-31-67-32-30-60/h1-6,9-12,17-24,33-34,41,44-47H,7-8,13-14,25-32H2,(H,54,56)(H,55,57)(H,58,63)(H,59,66)/t44-,45-,46+,47+/m0/s1. The molecular weight excluding hydrogens is 843 g/mol. The molecule has 0 spiro atoms. The second-order valence-electron chi connectivity index (χ2n) is 17.7. The van der Waals surface area contributed by atoms with E-state index in [1.165, 1.54) is 0 Å². The van der Waals surface area contributed by atoms with Crippen molar-refractivity contribution in [3.8, 4) is 34.4 Å². The van der Waals surface area contributed by atoms with Crippen molar-refractivity contribution < 1.29 is 23.9 Å². The Hall–Kier alpha value is -7.50. The third-order valence-corrected chi connectivity index (χ3v) is 13.2. The number of imidazole rings is 2. The molecule has 67 heavy (non-hydrogen) atoms. The summed E-state index contributed by atoms with van der Waals surface area (Å²) in [5.41, 5.74) is 6.84. The molecule has 4 aliphatic rings. The molecule has 3 aliphatic heterocycles. The van der Waals surface area contributed by atoms with Gasteiger partial charge >= 0.3 is 6.03 Å². The van der Waals surface area contributed by atoms with E-state index in [1.807, 2.05) is 125 Å². The summed E-state index contributed by atoms with van der Waals surface area (Å²) < 4.78 is 5.42. The van der Waals surface area contributed by atoms with Crippen molar-refractivity contribution in [1.29, 1.82) is 0 Å². The number of carbonyl (C=O) groups is 4. The summed E-state index contributed by atoms with van der Waals surface area (Å²) in [5.74, 6) is 7.67. The van der Waals surface area contributed by atoms with Crippen LogP contribution >= 0.6 is 0 Å². The van der Waals surface area contributed by atoms with Crippen LogP contribution in [0.4, 0.5) is 4.79 Å². The van der Waals surface area contributed by atoms with Gasteiger partial charge in [0.2, 0.25) is 17.7 Å². The fraction of sp³-hybridized carbons (Fsp3) is 0.321. The van der Waals surface area contributed by atoms with Gasteiger partial charge in [-0.3, -0.25) is 14.4 Å². The zero-order valence-electron chi connectivity index (χ0n) is 37.2. The molecule has 4 aromatic carbocycles. The molecular formula is C53H53N9O5. The predicted octanol–water partition coefficient (Wildman–Crippen LogP) is 7.24. The molecule has 5 heterocycles. The van der Waals surface area contributed by atoms with Crippen LogP contribution in [0.3, 0.4) is 0 Å². The molecule has 4 fully saturated rings. The number of benzene rings is 4. The fourth-order valence-electron chi connectivity index (χ4n) is 9.33. The van der Waals surface area contributed by atoms with Gasteiger partial charge in [0.1, 0.15) is 23.7 Å². The normalized spacial score (nSPS) is 19.0. The summed E-state index contributed by atoms with van der Waals surface area (Å²) in [7, 11) is 0. The molecule has 340 valence electrons. The molecule has 4 N–H and O–H groups in total. The number of carbonyl (C=O) groups excluding carboxylic acids is 4. The van der Waals surface area contributed by atoms with E-state index in [-0.39, 0.29) is 41.8 Å². The second kappa shape index (κ2) is 19.5. The lowest BCUT2D eigenvalue weighted by molar-refractivity contribution is -0.138. The first-order chi connectivity index (χ1) is 32.9. The molecule has 1 saturated carbocycles. The van der Waals surface area contributed by atoms with Crippen LogP contribution in [0.15, 0.2) is 122 Å². The number of aromatic nitrogens is 4. The molecule has 0 radical (unpaired) electrons. The first-order valence-corrected chi connectivity index (χ1v) is 23.3. The molecule has 2 aromatic heterocycles. The first-order valence-electron chi connectivity index (χ1n) is 23.3. The Morgan fingerprint density at radius 1 is 0.582 bits per heavy atom. The predicted molar refractivity (Wildman–Crippen MR) is 252 cm³/mol. The Balaban J connectivity index is 0.771. The van der Waals surface area contributed by atoms with Crippen molar-refractivity contribution in [3.05, 3.63) is 155 Å². The van der Waals surface area contributed by atoms with Gasteiger partial charge in [-0.1, -0.05) is 96.8 Å². The second-order valence-corrected chi connectivity index (χ2v) is 17.7. The number of urea groups is 1. The number of ether oxygens (including phenoxy) is 1. The minimum absolute atomic E-state index is 0.00398. The maximum Gasteiger partial charge on any atom is 0.318 e. The smallest absolute Gasteiger partial charge is 0.318 e. The van der Waals surface area contributed by atoms with E-state index >= 15 is 0 Å². The van der Waals surface area contributed by atoms with Crippen LogP contribution in [-0.4, -0.2) is 97.8 Å². The van der Waals surface area contributed by atoms with Gasteiger partial charge in [-0.15, -0.1) is 0 Å². The summed E-state index contributed by atoms with van der Waals surface area (Å²) >= 11 is 0. The lowest BCUT2D eigenvalue weighted by atomic mass is 10.0. The fourth-order valence-corrected chi connectivity index (χ4v) is 9.33. The Kier molecular flexibility index (Phi) is 12.7. The molecule has 0 unspecified atom stereocenters. The van der Waals surface area contributed by atoms with E-state index in [0.29, 0.717) is 45.2 Å². The lowest BCUT2D eigenvalue weighted by Crippen LogP contribution is -2.50. The van der Waals surface area contributed by atoms with Crippen molar-refractivity contribution in [2.45, 2.75) is 62.7 Å². The Labute approximate surface area is 389 Å². The SMILES string of the molecule is O=C(N[C@@H](C(=O)N1CCC[C@H]1c1ncc(-c2ccc(C#Cc3ccc(-c4cnc([C@@H]5CCCN5C(=O)[C@H](NC(=O)N5CCOCC5)c5ccccc5)[nH]4)cc3)cc2)[nH]1)c1ccccc1)C1CC1. The highest BCUT2D eigenvalue weighted by molar-refractivity contribution is 5.91. The van der Waals surface area contributed by atoms with Gasteiger partial charge in [-0.05, 0) is 85.0 Å². The highest BCUT2D eigenvalue weighted by Crippen LogP contribution is 2.37. The quantitative estimate of drug-likeness (QED) is 0.0995. The van der Waals surface area contributed by atoms with Crippen molar-refractivity contribution in [2.24, 2.45) is 5.92 Å². The third-order valence-electron chi connectivity index (χ3n) is 13.2. The summed E-state index contributed by atoms with van der Waals surface area (Å²) in [6.45, 7) is 3.08. The van der Waals surface area contributed by atoms with Crippen molar-refractivity contribution in [1.82, 2.24) is 45.3 Å². The molecule has 0 bridgehead atoms. The Morgan fingerprint density at radius 3 is 1.51 bits per heavy atom. The summed E-state index contributed by atoms with van der Waals surface area (Å²) in [4.78, 5) is 76.3. The molecule has 5 amide bonds. The Bertz CT molecular complexity index is 2770. The monoisotopic (exact) mass is 895 g/mol. The highest BCUT2D eigenvalue weighted by atomic mass is 16.5. The average molecular weight is 896 g/mol. The Morgan fingerprint density at radius 2 is 1.04 bits per heavy atom.